The molecule has 0 aromatic heterocycles. The molecule has 0 amide bonds. The summed E-state index contributed by atoms with van der Waals surface area (Å²) in [4.78, 5) is 11.1. The van der Waals surface area contributed by atoms with Crippen LogP contribution in [-0.4, -0.2) is 17.7 Å². The molecule has 1 N–H and O–H groups in total. The average molecular weight is 168 g/mol. The van der Waals surface area contributed by atoms with E-state index >= 15 is 0 Å². The van der Waals surface area contributed by atoms with Gasteiger partial charge in [0.25, 0.3) is 0 Å². The summed E-state index contributed by atoms with van der Waals surface area (Å²) >= 11 is 0. The monoisotopic (exact) mass is 168 g/mol. The first-order valence-electron chi connectivity index (χ1n) is 4.02. The van der Waals surface area contributed by atoms with Crippen molar-refractivity contribution in [2.75, 3.05) is 6.61 Å². The van der Waals surface area contributed by atoms with Gasteiger partial charge >= 0.3 is 5.97 Å². The molecule has 12 heavy (non-hydrogen) atoms. The van der Waals surface area contributed by atoms with Gasteiger partial charge in [0.2, 0.25) is 0 Å². The van der Waals surface area contributed by atoms with Crippen LogP contribution in [0, 0.1) is 0 Å². The van der Waals surface area contributed by atoms with Crippen molar-refractivity contribution in [3.8, 4) is 0 Å². The van der Waals surface area contributed by atoms with E-state index in [4.69, 9.17) is 4.74 Å². The lowest BCUT2D eigenvalue weighted by atomic mass is 10.1. The van der Waals surface area contributed by atoms with Crippen LogP contribution in [0.1, 0.15) is 19.8 Å². The highest BCUT2D eigenvalue weighted by Gasteiger charge is 2.16. The van der Waals surface area contributed by atoms with E-state index in [-0.39, 0.29) is 5.76 Å². The molecule has 3 heteroatoms. The van der Waals surface area contributed by atoms with Crippen LogP contribution in [0.3, 0.4) is 0 Å². The number of aliphatic hydroxyl groups is 1. The van der Waals surface area contributed by atoms with Crippen molar-refractivity contribution < 1.29 is 14.6 Å². The Bertz CT molecular complexity index is 238. The highest BCUT2D eigenvalue weighted by molar-refractivity contribution is 5.92. The van der Waals surface area contributed by atoms with Gasteiger partial charge in [-0.05, 0) is 25.8 Å². The Kier molecular flexibility index (Phi) is 2.91. The molecule has 0 aliphatic heterocycles. The Morgan fingerprint density at radius 3 is 2.83 bits per heavy atom. The van der Waals surface area contributed by atoms with Gasteiger partial charge in [-0.2, -0.15) is 0 Å². The Hall–Kier alpha value is -1.25. The largest absolute Gasteiger partial charge is 0.507 e. The van der Waals surface area contributed by atoms with E-state index < -0.39 is 5.97 Å². The molecule has 0 saturated heterocycles. The number of allylic oxidation sites excluding steroid dienone is 2. The molecule has 0 aromatic rings. The zero-order valence-corrected chi connectivity index (χ0v) is 7.04. The van der Waals surface area contributed by atoms with E-state index in [0.717, 1.165) is 12.8 Å². The lowest BCUT2D eigenvalue weighted by molar-refractivity contribution is -0.138. The maximum atomic E-state index is 11.1. The summed E-state index contributed by atoms with van der Waals surface area (Å²) in [5, 5.41) is 9.26. The summed E-state index contributed by atoms with van der Waals surface area (Å²) < 4.78 is 4.74. The molecule has 0 heterocycles. The van der Waals surface area contributed by atoms with Gasteiger partial charge in [-0.1, -0.05) is 6.08 Å². The zero-order chi connectivity index (χ0) is 8.97. The van der Waals surface area contributed by atoms with Crippen LogP contribution in [0.2, 0.25) is 0 Å². The van der Waals surface area contributed by atoms with Crippen LogP contribution in [0.25, 0.3) is 0 Å². The van der Waals surface area contributed by atoms with Crippen LogP contribution in [0.5, 0.6) is 0 Å². The molecule has 1 aliphatic carbocycles. The molecule has 66 valence electrons. The van der Waals surface area contributed by atoms with Crippen LogP contribution in [0.4, 0.5) is 0 Å². The summed E-state index contributed by atoms with van der Waals surface area (Å²) in [5.41, 5.74) is 0.295. The van der Waals surface area contributed by atoms with E-state index in [1.54, 1.807) is 19.1 Å². The number of esters is 1. The Labute approximate surface area is 71.3 Å². The fourth-order valence-corrected chi connectivity index (χ4v) is 1.06. The summed E-state index contributed by atoms with van der Waals surface area (Å²) in [6.45, 7) is 2.07. The van der Waals surface area contributed by atoms with Crippen molar-refractivity contribution in [1.29, 1.82) is 0 Å². The number of hydrogen-bond acceptors (Lipinski definition) is 3. The van der Waals surface area contributed by atoms with E-state index in [9.17, 15) is 9.90 Å². The molecule has 0 fully saturated rings. The number of carbonyl (C=O) groups is 1. The molecule has 1 rings (SSSR count). The van der Waals surface area contributed by atoms with E-state index in [0.29, 0.717) is 12.2 Å². The van der Waals surface area contributed by atoms with Gasteiger partial charge in [-0.15, -0.1) is 0 Å². The Morgan fingerprint density at radius 1 is 1.58 bits per heavy atom. The van der Waals surface area contributed by atoms with Crippen molar-refractivity contribution in [2.24, 2.45) is 0 Å². The Morgan fingerprint density at radius 2 is 2.25 bits per heavy atom. The number of carbonyl (C=O) groups excluding carboxylic acids is 1. The van der Waals surface area contributed by atoms with Crippen LogP contribution >= 0.6 is 0 Å². The molecule has 0 aromatic carbocycles. The standard InChI is InChI=1S/C9H12O3/c1-2-12-9(11)7-5-3-4-6-8(7)10/h5-6,10H,2-4H2,1H3. The summed E-state index contributed by atoms with van der Waals surface area (Å²) in [6, 6.07) is 0. The van der Waals surface area contributed by atoms with Crippen molar-refractivity contribution in [3.63, 3.8) is 0 Å². The lowest BCUT2D eigenvalue weighted by Gasteiger charge is -2.09. The second kappa shape index (κ2) is 3.95. The van der Waals surface area contributed by atoms with Gasteiger partial charge in [0.1, 0.15) is 5.76 Å². The molecule has 0 unspecified atom stereocenters. The molecular formula is C9H12O3. The first-order chi connectivity index (χ1) is 5.75. The van der Waals surface area contributed by atoms with Gasteiger partial charge in [0, 0.05) is 0 Å². The minimum absolute atomic E-state index is 0.0414. The smallest absolute Gasteiger partial charge is 0.341 e. The second-order valence-corrected chi connectivity index (χ2v) is 2.50. The molecule has 3 nitrogen and oxygen atoms in total. The molecule has 0 spiro atoms. The van der Waals surface area contributed by atoms with Gasteiger partial charge < -0.3 is 9.84 Å². The minimum atomic E-state index is -0.439. The van der Waals surface area contributed by atoms with Crippen molar-refractivity contribution in [1.82, 2.24) is 0 Å². The third-order valence-electron chi connectivity index (χ3n) is 1.62. The molecule has 1 aliphatic rings. The van der Waals surface area contributed by atoms with Gasteiger partial charge in [-0.3, -0.25) is 0 Å². The summed E-state index contributed by atoms with van der Waals surface area (Å²) in [5.74, 6) is -0.398. The predicted octanol–water partition coefficient (Wildman–Crippen LogP) is 1.71. The second-order valence-electron chi connectivity index (χ2n) is 2.50. The van der Waals surface area contributed by atoms with Gasteiger partial charge in [0.15, 0.2) is 0 Å². The van der Waals surface area contributed by atoms with E-state index in [1.165, 1.54) is 0 Å². The summed E-state index contributed by atoms with van der Waals surface area (Å²) in [7, 11) is 0. The van der Waals surface area contributed by atoms with E-state index in [1.807, 2.05) is 0 Å². The van der Waals surface area contributed by atoms with Crippen LogP contribution in [-0.2, 0) is 9.53 Å². The average Bonchev–Trinajstić information content (AvgIpc) is 2.05. The third-order valence-corrected chi connectivity index (χ3v) is 1.62. The van der Waals surface area contributed by atoms with Crippen molar-refractivity contribution >= 4 is 5.97 Å². The lowest BCUT2D eigenvalue weighted by Crippen LogP contribution is -2.11. The van der Waals surface area contributed by atoms with E-state index in [2.05, 4.69) is 0 Å². The van der Waals surface area contributed by atoms with Crippen molar-refractivity contribution in [2.45, 2.75) is 19.8 Å². The molecule has 0 bridgehead atoms. The van der Waals surface area contributed by atoms with Crippen LogP contribution in [0.15, 0.2) is 23.5 Å². The van der Waals surface area contributed by atoms with Gasteiger partial charge in [-0.25, -0.2) is 4.79 Å². The predicted molar refractivity (Wildman–Crippen MR) is 44.7 cm³/mol. The van der Waals surface area contributed by atoms with Crippen molar-refractivity contribution in [3.05, 3.63) is 23.5 Å². The first kappa shape index (κ1) is 8.84. The fraction of sp³-hybridized carbons (Fsp3) is 0.444. The number of rotatable bonds is 2. The Balaban J connectivity index is 2.67. The minimum Gasteiger partial charge on any atom is -0.507 e. The maximum absolute atomic E-state index is 11.1. The number of ether oxygens (including phenoxy) is 1. The normalized spacial score (nSPS) is 16.4. The topological polar surface area (TPSA) is 46.5 Å². The van der Waals surface area contributed by atoms with Crippen LogP contribution < -0.4 is 0 Å². The number of hydrogen-bond donors (Lipinski definition) is 1. The zero-order valence-electron chi connectivity index (χ0n) is 7.04. The molecular weight excluding hydrogens is 156 g/mol. The molecule has 0 saturated carbocycles. The highest BCUT2D eigenvalue weighted by Crippen LogP contribution is 2.17. The summed E-state index contributed by atoms with van der Waals surface area (Å²) in [6.07, 6.45) is 4.91. The fourth-order valence-electron chi connectivity index (χ4n) is 1.06. The SMILES string of the molecule is CCOC(=O)C1=CCCC=C1O. The first-order valence-corrected chi connectivity index (χ1v) is 4.02. The third kappa shape index (κ3) is 1.87. The quantitative estimate of drug-likeness (QED) is 0.638. The maximum Gasteiger partial charge on any atom is 0.341 e. The highest BCUT2D eigenvalue weighted by atomic mass is 16.5. The molecule has 0 radical (unpaired) electrons. The number of aliphatic hydroxyl groups excluding tert-OH is 1. The molecule has 0 atom stereocenters. The van der Waals surface area contributed by atoms with Gasteiger partial charge in [0.05, 0.1) is 12.2 Å².